The van der Waals surface area contributed by atoms with Gasteiger partial charge in [0.1, 0.15) is 23.0 Å². The van der Waals surface area contributed by atoms with Crippen molar-refractivity contribution in [2.45, 2.75) is 119 Å². The summed E-state index contributed by atoms with van der Waals surface area (Å²) >= 11 is 3.97. The van der Waals surface area contributed by atoms with Crippen LogP contribution in [0.25, 0.3) is 11.1 Å². The SMILES string of the molecule is CCCCNCc1cc2c(OCCC)c(c1)Cc1cc(Br)cc(c1OCCC)Cc1cc(-c3cc(C)cc(C)c3)cc(c1OCCC)Cc1cccc(c1OCCC)C2. The zero-order valence-corrected chi connectivity index (χ0v) is 38.3. The highest BCUT2D eigenvalue weighted by Crippen LogP contribution is 2.42. The van der Waals surface area contributed by atoms with E-state index in [0.717, 1.165) is 94.9 Å². The number of para-hydroxylation sites is 1. The summed E-state index contributed by atoms with van der Waals surface area (Å²) in [7, 11) is 0. The lowest BCUT2D eigenvalue weighted by Gasteiger charge is -2.24. The van der Waals surface area contributed by atoms with Crippen LogP contribution in [0.1, 0.15) is 134 Å². The lowest BCUT2D eigenvalue weighted by atomic mass is 9.88. The average Bonchev–Trinajstić information content (AvgIpc) is 3.20. The van der Waals surface area contributed by atoms with Crippen molar-refractivity contribution in [3.63, 3.8) is 0 Å². The van der Waals surface area contributed by atoms with E-state index < -0.39 is 0 Å². The predicted octanol–water partition coefficient (Wildman–Crippen LogP) is 13.5. The summed E-state index contributed by atoms with van der Waals surface area (Å²) in [4.78, 5) is 0. The molecule has 0 amide bonds. The van der Waals surface area contributed by atoms with Crippen molar-refractivity contribution in [3.05, 3.63) is 138 Å². The van der Waals surface area contributed by atoms with Crippen molar-refractivity contribution >= 4 is 15.9 Å². The first-order valence-electron chi connectivity index (χ1n) is 22.3. The van der Waals surface area contributed by atoms with Crippen molar-refractivity contribution in [1.82, 2.24) is 5.32 Å². The van der Waals surface area contributed by atoms with Gasteiger partial charge in [0, 0.05) is 47.8 Å². The second-order valence-electron chi connectivity index (χ2n) is 16.3. The van der Waals surface area contributed by atoms with Crippen LogP contribution in [-0.2, 0) is 32.2 Å². The Hall–Kier alpha value is -4.26. The maximum atomic E-state index is 6.85. The molecule has 0 radical (unpaired) electrons. The van der Waals surface area contributed by atoms with Gasteiger partial charge >= 0.3 is 0 Å². The molecule has 0 atom stereocenters. The maximum absolute atomic E-state index is 6.85. The highest BCUT2D eigenvalue weighted by molar-refractivity contribution is 9.10. The lowest BCUT2D eigenvalue weighted by Crippen LogP contribution is -2.16. The standard InChI is InChI=1S/C53H66BrNO4/c1-8-13-17-55-35-38-25-43-27-39-15-14-16-40(50(39)56-18-9-2)28-45-29-42(41-23-36(6)22-37(7)24-41)30-46(52(45)58-20-11-4)32-48-34-49(54)33-47(53(48)59-21-12-5)31-44(26-38)51(43)57-19-10-3/h14-16,22-26,29-30,33-34,55H,8-13,17-21,27-28,31-32,35H2,1-7H3. The van der Waals surface area contributed by atoms with Gasteiger partial charge in [-0.05, 0) is 127 Å². The molecule has 5 nitrogen and oxygen atoms in total. The monoisotopic (exact) mass is 859 g/mol. The summed E-state index contributed by atoms with van der Waals surface area (Å²) in [6.45, 7) is 19.7. The van der Waals surface area contributed by atoms with Crippen LogP contribution in [0.5, 0.6) is 23.0 Å². The Balaban J connectivity index is 1.66. The molecule has 0 aliphatic heterocycles. The number of hydrogen-bond donors (Lipinski definition) is 1. The molecule has 314 valence electrons. The van der Waals surface area contributed by atoms with Gasteiger partial charge in [-0.3, -0.25) is 0 Å². The minimum absolute atomic E-state index is 0.635. The molecule has 1 N–H and O–H groups in total. The van der Waals surface area contributed by atoms with Crippen LogP contribution in [0.2, 0.25) is 0 Å². The Morgan fingerprint density at radius 2 is 0.864 bits per heavy atom. The minimum Gasteiger partial charge on any atom is -0.493 e. The molecule has 8 bridgehead atoms. The van der Waals surface area contributed by atoms with E-state index in [1.807, 2.05) is 0 Å². The molecule has 6 rings (SSSR count). The molecule has 0 heterocycles. The van der Waals surface area contributed by atoms with Crippen molar-refractivity contribution in [1.29, 1.82) is 0 Å². The fraction of sp³-hybridized carbons (Fsp3) is 0.434. The van der Waals surface area contributed by atoms with E-state index >= 15 is 0 Å². The van der Waals surface area contributed by atoms with Crippen molar-refractivity contribution in [2.24, 2.45) is 0 Å². The van der Waals surface area contributed by atoms with Crippen LogP contribution in [-0.4, -0.2) is 33.0 Å². The number of fused-ring (bicyclic) bond motifs is 8. The molecule has 5 aromatic carbocycles. The van der Waals surface area contributed by atoms with Gasteiger partial charge in [0.25, 0.3) is 0 Å². The first-order valence-corrected chi connectivity index (χ1v) is 23.1. The maximum Gasteiger partial charge on any atom is 0.126 e. The Morgan fingerprint density at radius 3 is 1.31 bits per heavy atom. The van der Waals surface area contributed by atoms with Gasteiger partial charge < -0.3 is 24.3 Å². The molecule has 1 aliphatic carbocycles. The number of nitrogens with one attached hydrogen (secondary N) is 1. The Labute approximate surface area is 363 Å². The van der Waals surface area contributed by atoms with E-state index in [4.69, 9.17) is 18.9 Å². The van der Waals surface area contributed by atoms with Crippen LogP contribution in [0, 0.1) is 13.8 Å². The van der Waals surface area contributed by atoms with Crippen LogP contribution < -0.4 is 24.3 Å². The van der Waals surface area contributed by atoms with Gasteiger partial charge in [-0.1, -0.05) is 117 Å². The predicted molar refractivity (Wildman–Crippen MR) is 249 cm³/mol. The fourth-order valence-corrected chi connectivity index (χ4v) is 8.87. The third-order valence-electron chi connectivity index (χ3n) is 10.8. The number of benzene rings is 5. The van der Waals surface area contributed by atoms with Gasteiger partial charge in [-0.15, -0.1) is 0 Å². The first-order chi connectivity index (χ1) is 28.7. The average molecular weight is 861 g/mol. The Morgan fingerprint density at radius 1 is 0.475 bits per heavy atom. The highest BCUT2D eigenvalue weighted by Gasteiger charge is 2.24. The van der Waals surface area contributed by atoms with Gasteiger partial charge in [-0.2, -0.15) is 0 Å². The van der Waals surface area contributed by atoms with E-state index in [0.29, 0.717) is 52.1 Å². The third kappa shape index (κ3) is 11.5. The molecule has 1 aliphatic rings. The zero-order chi connectivity index (χ0) is 41.7. The van der Waals surface area contributed by atoms with Crippen molar-refractivity contribution in [3.8, 4) is 34.1 Å². The van der Waals surface area contributed by atoms with Gasteiger partial charge in [0.05, 0.1) is 26.4 Å². The molecule has 0 spiro atoms. The van der Waals surface area contributed by atoms with Crippen LogP contribution in [0.4, 0.5) is 0 Å². The normalized spacial score (nSPS) is 12.3. The number of unbranched alkanes of at least 4 members (excludes halogenated alkanes) is 1. The summed E-state index contributed by atoms with van der Waals surface area (Å²) in [6.07, 6.45) is 8.70. The molecule has 6 heteroatoms. The van der Waals surface area contributed by atoms with E-state index in [9.17, 15) is 0 Å². The number of hydrogen-bond acceptors (Lipinski definition) is 5. The minimum atomic E-state index is 0.635. The van der Waals surface area contributed by atoms with Crippen molar-refractivity contribution in [2.75, 3.05) is 33.0 Å². The fourth-order valence-electron chi connectivity index (χ4n) is 8.32. The largest absolute Gasteiger partial charge is 0.493 e. The Bertz CT molecular complexity index is 2150. The number of ether oxygens (including phenoxy) is 4. The smallest absolute Gasteiger partial charge is 0.126 e. The zero-order valence-electron chi connectivity index (χ0n) is 36.8. The molecular formula is C53H66BrNO4. The van der Waals surface area contributed by atoms with Gasteiger partial charge in [0.15, 0.2) is 0 Å². The van der Waals surface area contributed by atoms with E-state index in [2.05, 4.69) is 143 Å². The molecule has 59 heavy (non-hydrogen) atoms. The quantitative estimate of drug-likeness (QED) is 0.0873. The van der Waals surface area contributed by atoms with E-state index in [1.165, 1.54) is 56.5 Å². The second-order valence-corrected chi connectivity index (χ2v) is 17.2. The summed E-state index contributed by atoms with van der Waals surface area (Å²) in [6, 6.07) is 27.5. The molecular weight excluding hydrogens is 794 g/mol. The molecule has 0 saturated carbocycles. The summed E-state index contributed by atoms with van der Waals surface area (Å²) in [5, 5.41) is 3.72. The Kier molecular flexibility index (Phi) is 16.4. The van der Waals surface area contributed by atoms with E-state index in [-0.39, 0.29) is 0 Å². The summed E-state index contributed by atoms with van der Waals surface area (Å²) in [5.41, 5.74) is 15.5. The van der Waals surface area contributed by atoms with E-state index in [1.54, 1.807) is 0 Å². The second kappa shape index (κ2) is 21.8. The number of halogens is 1. The summed E-state index contributed by atoms with van der Waals surface area (Å²) in [5.74, 6) is 3.86. The molecule has 0 fully saturated rings. The van der Waals surface area contributed by atoms with Gasteiger partial charge in [0.2, 0.25) is 0 Å². The topological polar surface area (TPSA) is 49.0 Å². The van der Waals surface area contributed by atoms with Gasteiger partial charge in [-0.25, -0.2) is 0 Å². The molecule has 0 aromatic heterocycles. The number of aryl methyl sites for hydroxylation is 2. The summed E-state index contributed by atoms with van der Waals surface area (Å²) < 4.78 is 28.3. The molecule has 0 unspecified atom stereocenters. The first kappa shape index (κ1) is 44.3. The molecule has 5 aromatic rings. The highest BCUT2D eigenvalue weighted by atomic mass is 79.9. The van der Waals surface area contributed by atoms with Crippen molar-refractivity contribution < 1.29 is 18.9 Å². The third-order valence-corrected chi connectivity index (χ3v) is 11.3. The molecule has 0 saturated heterocycles. The number of rotatable bonds is 18. The van der Waals surface area contributed by atoms with Crippen LogP contribution in [0.3, 0.4) is 0 Å². The van der Waals surface area contributed by atoms with Crippen LogP contribution in [0.15, 0.2) is 77.3 Å². The van der Waals surface area contributed by atoms with Crippen LogP contribution >= 0.6 is 15.9 Å². The lowest BCUT2D eigenvalue weighted by molar-refractivity contribution is 0.304.